The van der Waals surface area contributed by atoms with Gasteiger partial charge >= 0.3 is 0 Å². The van der Waals surface area contributed by atoms with Crippen molar-refractivity contribution in [2.75, 3.05) is 33.1 Å². The average molecular weight is 462 g/mol. The third-order valence-electron chi connectivity index (χ3n) is 9.51. The second kappa shape index (κ2) is 7.21. The zero-order valence-electron chi connectivity index (χ0n) is 19.6. The molecule has 1 aliphatic heterocycles. The van der Waals surface area contributed by atoms with E-state index in [0.717, 1.165) is 37.7 Å². The molecule has 0 radical (unpaired) electrons. The van der Waals surface area contributed by atoms with Crippen LogP contribution in [-0.2, 0) is 15.4 Å². The van der Waals surface area contributed by atoms with Gasteiger partial charge in [0.15, 0.2) is 11.5 Å². The Morgan fingerprint density at radius 3 is 2.31 bits per heavy atom. The number of hydrogen-bond acceptors (Lipinski definition) is 5. The van der Waals surface area contributed by atoms with Crippen molar-refractivity contribution >= 4 is 16.1 Å². The van der Waals surface area contributed by atoms with Gasteiger partial charge in [0.2, 0.25) is 10.0 Å². The third-order valence-corrected chi connectivity index (χ3v) is 11.5. The van der Waals surface area contributed by atoms with Gasteiger partial charge in [0, 0.05) is 23.9 Å². The summed E-state index contributed by atoms with van der Waals surface area (Å²) in [5.74, 6) is 1.90. The van der Waals surface area contributed by atoms with Gasteiger partial charge in [-0.25, -0.2) is 12.7 Å². The number of aliphatic hydroxyl groups excluding tert-OH is 1. The Balaban J connectivity index is 1.36. The molecule has 0 unspecified atom stereocenters. The van der Waals surface area contributed by atoms with E-state index in [2.05, 4.69) is 26.0 Å². The van der Waals surface area contributed by atoms with Crippen molar-refractivity contribution in [3.63, 3.8) is 0 Å². The zero-order chi connectivity index (χ0) is 22.9. The van der Waals surface area contributed by atoms with Gasteiger partial charge in [-0.3, -0.25) is 0 Å². The maximum absolute atomic E-state index is 13.6. The molecule has 32 heavy (non-hydrogen) atoms. The summed E-state index contributed by atoms with van der Waals surface area (Å²) >= 11 is 0. The first kappa shape index (κ1) is 22.2. The van der Waals surface area contributed by atoms with Crippen LogP contribution in [0.15, 0.2) is 18.2 Å². The van der Waals surface area contributed by atoms with E-state index in [1.54, 1.807) is 18.5 Å². The molecule has 1 N–H and O–H groups in total. The van der Waals surface area contributed by atoms with E-state index in [4.69, 9.17) is 9.47 Å². The Morgan fingerprint density at radius 2 is 1.75 bits per heavy atom. The molecule has 3 atom stereocenters. The molecule has 1 aromatic carbocycles. The number of ether oxygens (including phenoxy) is 2. The van der Waals surface area contributed by atoms with Crippen molar-refractivity contribution in [2.45, 2.75) is 57.5 Å². The molecule has 2 bridgehead atoms. The lowest BCUT2D eigenvalue weighted by atomic mass is 9.70. The molecule has 3 fully saturated rings. The molecule has 0 amide bonds. The Labute approximate surface area is 191 Å². The maximum atomic E-state index is 13.6. The monoisotopic (exact) mass is 461 g/mol. The fourth-order valence-corrected chi connectivity index (χ4v) is 9.48. The van der Waals surface area contributed by atoms with Crippen LogP contribution in [0.3, 0.4) is 0 Å². The minimum Gasteiger partial charge on any atom is -0.493 e. The molecule has 176 valence electrons. The van der Waals surface area contributed by atoms with E-state index in [1.165, 1.54) is 5.56 Å². The van der Waals surface area contributed by atoms with Crippen molar-refractivity contribution in [3.8, 4) is 11.5 Å². The standard InChI is InChI=1S/C25H35NO5S/c1-23(2)18-6-8-25(23,22(27)14-18)16-32(28,29)26-11-9-24(10-12-26)7-5-17-13-20(30-3)21(31-4)15-19(17)24/h5,7,13,15,18,22,27H,6,8-12,14,16H2,1-4H3/t18-,22-,25-/m1/s1. The van der Waals surface area contributed by atoms with Crippen LogP contribution in [0.2, 0.25) is 0 Å². The molecule has 0 aromatic heterocycles. The van der Waals surface area contributed by atoms with E-state index >= 15 is 0 Å². The summed E-state index contributed by atoms with van der Waals surface area (Å²) in [6, 6.07) is 4.05. The van der Waals surface area contributed by atoms with Crippen molar-refractivity contribution in [1.82, 2.24) is 4.31 Å². The Morgan fingerprint density at radius 1 is 1.09 bits per heavy atom. The van der Waals surface area contributed by atoms with Crippen molar-refractivity contribution < 1.29 is 23.0 Å². The zero-order valence-corrected chi connectivity index (χ0v) is 20.4. The molecule has 1 aromatic rings. The van der Waals surface area contributed by atoms with Crippen molar-refractivity contribution in [2.24, 2.45) is 16.7 Å². The van der Waals surface area contributed by atoms with Gasteiger partial charge in [0.05, 0.1) is 26.1 Å². The first-order valence-electron chi connectivity index (χ1n) is 11.7. The molecule has 3 aliphatic carbocycles. The summed E-state index contributed by atoms with van der Waals surface area (Å²) in [5, 5.41) is 10.8. The van der Waals surface area contributed by atoms with Crippen LogP contribution in [0.5, 0.6) is 11.5 Å². The first-order chi connectivity index (χ1) is 15.1. The number of nitrogens with zero attached hydrogens (tertiary/aromatic N) is 1. The molecule has 1 spiro atoms. The highest BCUT2D eigenvalue weighted by Crippen LogP contribution is 2.66. The second-order valence-electron chi connectivity index (χ2n) is 10.8. The second-order valence-corrected chi connectivity index (χ2v) is 12.8. The number of hydrogen-bond donors (Lipinski definition) is 1. The average Bonchev–Trinajstić information content (AvgIpc) is 3.28. The number of piperidine rings is 1. The topological polar surface area (TPSA) is 76.1 Å². The van der Waals surface area contributed by atoms with Gasteiger partial charge in [0.1, 0.15) is 0 Å². The van der Waals surface area contributed by atoms with Gasteiger partial charge < -0.3 is 14.6 Å². The highest BCUT2D eigenvalue weighted by molar-refractivity contribution is 7.89. The van der Waals surface area contributed by atoms with Crippen LogP contribution in [0.1, 0.15) is 57.1 Å². The molecule has 5 rings (SSSR count). The van der Waals surface area contributed by atoms with Gasteiger partial charge in [-0.1, -0.05) is 26.0 Å². The molecule has 1 heterocycles. The smallest absolute Gasteiger partial charge is 0.214 e. The fraction of sp³-hybridized carbons (Fsp3) is 0.680. The maximum Gasteiger partial charge on any atom is 0.214 e. The first-order valence-corrected chi connectivity index (χ1v) is 13.3. The van der Waals surface area contributed by atoms with E-state index < -0.39 is 21.5 Å². The summed E-state index contributed by atoms with van der Waals surface area (Å²) in [6.45, 7) is 5.31. The predicted octanol–water partition coefficient (Wildman–Crippen LogP) is 3.58. The van der Waals surface area contributed by atoms with Crippen LogP contribution in [-0.4, -0.2) is 57.0 Å². The lowest BCUT2D eigenvalue weighted by Gasteiger charge is -2.43. The molecule has 7 heteroatoms. The van der Waals surface area contributed by atoms with Gasteiger partial charge in [-0.15, -0.1) is 0 Å². The van der Waals surface area contributed by atoms with Crippen LogP contribution >= 0.6 is 0 Å². The number of benzene rings is 1. The minimum absolute atomic E-state index is 0.0646. The molecule has 2 saturated carbocycles. The fourth-order valence-electron chi connectivity index (χ4n) is 7.20. The van der Waals surface area contributed by atoms with Crippen LogP contribution in [0.25, 0.3) is 6.08 Å². The van der Waals surface area contributed by atoms with Crippen molar-refractivity contribution in [3.05, 3.63) is 29.3 Å². The molecular formula is C25H35NO5S. The van der Waals surface area contributed by atoms with Gasteiger partial charge in [-0.05, 0) is 66.7 Å². The summed E-state index contributed by atoms with van der Waals surface area (Å²) in [7, 11) is -0.182. The van der Waals surface area contributed by atoms with Crippen LogP contribution < -0.4 is 9.47 Å². The Bertz CT molecular complexity index is 1050. The predicted molar refractivity (Wildman–Crippen MR) is 124 cm³/mol. The highest BCUT2D eigenvalue weighted by atomic mass is 32.2. The summed E-state index contributed by atoms with van der Waals surface area (Å²) < 4.78 is 39.7. The van der Waals surface area contributed by atoms with Gasteiger partial charge in [0.25, 0.3) is 0 Å². The molecule has 6 nitrogen and oxygen atoms in total. The Kier molecular flexibility index (Phi) is 5.01. The number of methoxy groups -OCH3 is 2. The van der Waals surface area contributed by atoms with Gasteiger partial charge in [-0.2, -0.15) is 0 Å². The lowest BCUT2D eigenvalue weighted by Crippen LogP contribution is -2.51. The van der Waals surface area contributed by atoms with Crippen molar-refractivity contribution in [1.29, 1.82) is 0 Å². The largest absolute Gasteiger partial charge is 0.493 e. The van der Waals surface area contributed by atoms with E-state index in [-0.39, 0.29) is 16.6 Å². The molecular weight excluding hydrogens is 426 g/mol. The van der Waals surface area contributed by atoms with E-state index in [9.17, 15) is 13.5 Å². The normalized spacial score (nSPS) is 32.4. The number of allylic oxidation sites excluding steroid dienone is 1. The van der Waals surface area contributed by atoms with E-state index in [0.29, 0.717) is 30.5 Å². The number of rotatable bonds is 5. The molecule has 4 aliphatic rings. The lowest BCUT2D eigenvalue weighted by molar-refractivity contribution is 0.0143. The number of fused-ring (bicyclic) bond motifs is 4. The Hall–Kier alpha value is -1.57. The summed E-state index contributed by atoms with van der Waals surface area (Å²) in [6.07, 6.45) is 7.88. The quantitative estimate of drug-likeness (QED) is 0.725. The highest BCUT2D eigenvalue weighted by Gasteiger charge is 2.65. The summed E-state index contributed by atoms with van der Waals surface area (Å²) in [5.41, 5.74) is 1.49. The number of aliphatic hydroxyl groups is 1. The SMILES string of the molecule is COc1cc2c(cc1OC)C1(C=C2)CCN(S(=O)(=O)C[C@]23CC[C@H](C[C@H]2O)C3(C)C)CC1. The molecule has 1 saturated heterocycles. The van der Waals surface area contributed by atoms with Crippen LogP contribution in [0.4, 0.5) is 0 Å². The number of sulfonamides is 1. The summed E-state index contributed by atoms with van der Waals surface area (Å²) in [4.78, 5) is 0. The van der Waals surface area contributed by atoms with E-state index in [1.807, 2.05) is 12.1 Å². The third kappa shape index (κ3) is 2.93. The van der Waals surface area contributed by atoms with Crippen LogP contribution in [0, 0.1) is 16.7 Å². The minimum atomic E-state index is -3.46.